The number of nitrogens with zero attached hydrogens (tertiary/aromatic N) is 2. The van der Waals surface area contributed by atoms with Gasteiger partial charge in [-0.25, -0.2) is 9.37 Å². The van der Waals surface area contributed by atoms with Crippen molar-refractivity contribution in [3.05, 3.63) is 28.3 Å². The first-order valence-electron chi connectivity index (χ1n) is 3.56. The predicted octanol–water partition coefficient (Wildman–Crippen LogP) is 3.02. The summed E-state index contributed by atoms with van der Waals surface area (Å²) >= 11 is 11.4. The number of halogens is 3. The normalized spacial score (nSPS) is 11.1. The van der Waals surface area contributed by atoms with Gasteiger partial charge in [-0.1, -0.05) is 11.6 Å². The van der Waals surface area contributed by atoms with Crippen LogP contribution in [0, 0.1) is 5.82 Å². The molecule has 0 atom stereocenters. The Balaban J connectivity index is 2.89. The van der Waals surface area contributed by atoms with E-state index in [0.717, 1.165) is 5.52 Å². The molecule has 2 aromatic rings. The van der Waals surface area contributed by atoms with Gasteiger partial charge >= 0.3 is 0 Å². The van der Waals surface area contributed by atoms with Crippen LogP contribution in [-0.2, 0) is 7.05 Å². The molecule has 1 heterocycles. The van der Waals surface area contributed by atoms with Crippen LogP contribution in [0.15, 0.2) is 12.1 Å². The number of hydrogen-bond acceptors (Lipinski definition) is 1. The molecule has 0 aliphatic carbocycles. The molecule has 0 saturated heterocycles. The summed E-state index contributed by atoms with van der Waals surface area (Å²) in [5.41, 5.74) is 1.23. The molecule has 1 aromatic heterocycles. The fourth-order valence-electron chi connectivity index (χ4n) is 1.16. The minimum atomic E-state index is -0.482. The molecule has 0 aliphatic heterocycles. The van der Waals surface area contributed by atoms with Gasteiger partial charge < -0.3 is 4.57 Å². The Bertz CT molecular complexity index is 478. The molecular weight excluding hydrogens is 214 g/mol. The second-order valence-electron chi connectivity index (χ2n) is 2.69. The number of benzene rings is 1. The maximum Gasteiger partial charge on any atom is 0.203 e. The SMILES string of the molecule is Cn1c(Cl)nc2cc(F)c(Cl)cc21. The first-order valence-corrected chi connectivity index (χ1v) is 4.32. The molecular formula is C8H5Cl2FN2. The highest BCUT2D eigenvalue weighted by Crippen LogP contribution is 2.24. The fraction of sp³-hybridized carbons (Fsp3) is 0.125. The molecule has 68 valence electrons. The highest BCUT2D eigenvalue weighted by Gasteiger charge is 2.09. The van der Waals surface area contributed by atoms with Crippen LogP contribution in [0.3, 0.4) is 0 Å². The van der Waals surface area contributed by atoms with Crippen molar-refractivity contribution >= 4 is 34.2 Å². The highest BCUT2D eigenvalue weighted by molar-refractivity contribution is 6.32. The molecule has 0 spiro atoms. The Labute approximate surface area is 83.9 Å². The Morgan fingerprint density at radius 2 is 2.08 bits per heavy atom. The zero-order valence-electron chi connectivity index (χ0n) is 6.68. The molecule has 2 rings (SSSR count). The van der Waals surface area contributed by atoms with Gasteiger partial charge in [-0.3, -0.25) is 0 Å². The van der Waals surface area contributed by atoms with Crippen molar-refractivity contribution in [3.8, 4) is 0 Å². The van der Waals surface area contributed by atoms with Crippen LogP contribution >= 0.6 is 23.2 Å². The Kier molecular flexibility index (Phi) is 1.93. The number of fused-ring (bicyclic) bond motifs is 1. The monoisotopic (exact) mass is 218 g/mol. The van der Waals surface area contributed by atoms with Crippen molar-refractivity contribution in [2.24, 2.45) is 7.05 Å². The molecule has 0 unspecified atom stereocenters. The fourth-order valence-corrected chi connectivity index (χ4v) is 1.50. The van der Waals surface area contributed by atoms with Crippen LogP contribution in [0.2, 0.25) is 10.3 Å². The van der Waals surface area contributed by atoms with E-state index in [0.29, 0.717) is 10.8 Å². The quantitative estimate of drug-likeness (QED) is 0.665. The predicted molar refractivity (Wildman–Crippen MR) is 50.7 cm³/mol. The first-order chi connectivity index (χ1) is 6.09. The minimum absolute atomic E-state index is 0.0761. The van der Waals surface area contributed by atoms with Gasteiger partial charge in [0.1, 0.15) is 5.82 Å². The largest absolute Gasteiger partial charge is 0.318 e. The van der Waals surface area contributed by atoms with E-state index < -0.39 is 5.82 Å². The topological polar surface area (TPSA) is 17.8 Å². The second kappa shape index (κ2) is 2.86. The maximum absolute atomic E-state index is 13.0. The number of aromatic nitrogens is 2. The van der Waals surface area contributed by atoms with Gasteiger partial charge in [0.2, 0.25) is 5.28 Å². The second-order valence-corrected chi connectivity index (χ2v) is 3.44. The lowest BCUT2D eigenvalue weighted by molar-refractivity contribution is 0.630. The summed E-state index contributed by atoms with van der Waals surface area (Å²) in [5.74, 6) is -0.482. The van der Waals surface area contributed by atoms with E-state index in [1.165, 1.54) is 12.1 Å². The van der Waals surface area contributed by atoms with Crippen LogP contribution < -0.4 is 0 Å². The summed E-state index contributed by atoms with van der Waals surface area (Å²) in [4.78, 5) is 3.94. The maximum atomic E-state index is 13.0. The van der Waals surface area contributed by atoms with Gasteiger partial charge in [0, 0.05) is 13.1 Å². The summed E-state index contributed by atoms with van der Waals surface area (Å²) in [6.07, 6.45) is 0. The summed E-state index contributed by atoms with van der Waals surface area (Å²) in [5, 5.41) is 0.392. The Hall–Kier alpha value is -0.800. The molecule has 0 bridgehead atoms. The molecule has 1 aromatic carbocycles. The van der Waals surface area contributed by atoms with Crippen molar-refractivity contribution < 1.29 is 4.39 Å². The van der Waals surface area contributed by atoms with Gasteiger partial charge in [-0.05, 0) is 17.7 Å². The summed E-state index contributed by atoms with van der Waals surface area (Å²) in [7, 11) is 1.74. The number of aryl methyl sites for hydroxylation is 1. The van der Waals surface area contributed by atoms with Crippen LogP contribution in [0.1, 0.15) is 0 Å². The molecule has 2 nitrogen and oxygen atoms in total. The Morgan fingerprint density at radius 1 is 1.38 bits per heavy atom. The molecule has 0 aliphatic rings. The number of imidazole rings is 1. The first kappa shape index (κ1) is 8.78. The lowest BCUT2D eigenvalue weighted by Crippen LogP contribution is -1.86. The molecule has 0 radical (unpaired) electrons. The summed E-state index contributed by atoms with van der Waals surface area (Å²) < 4.78 is 14.6. The van der Waals surface area contributed by atoms with Crippen molar-refractivity contribution in [2.45, 2.75) is 0 Å². The third-order valence-corrected chi connectivity index (χ3v) is 2.50. The third-order valence-electron chi connectivity index (χ3n) is 1.87. The lowest BCUT2D eigenvalue weighted by atomic mass is 10.3. The van der Waals surface area contributed by atoms with Crippen LogP contribution in [0.4, 0.5) is 4.39 Å². The van der Waals surface area contributed by atoms with E-state index in [2.05, 4.69) is 4.98 Å². The van der Waals surface area contributed by atoms with Gasteiger partial charge in [-0.2, -0.15) is 0 Å². The van der Waals surface area contributed by atoms with Crippen LogP contribution in [0.5, 0.6) is 0 Å². The molecule has 0 saturated carbocycles. The molecule has 0 fully saturated rings. The molecule has 13 heavy (non-hydrogen) atoms. The standard InChI is InChI=1S/C8H5Cl2FN2/c1-13-7-2-4(9)5(11)3-6(7)12-8(13)10/h2-3H,1H3. The van der Waals surface area contributed by atoms with E-state index in [9.17, 15) is 4.39 Å². The van der Waals surface area contributed by atoms with E-state index >= 15 is 0 Å². The third kappa shape index (κ3) is 1.28. The number of rotatable bonds is 0. The van der Waals surface area contributed by atoms with E-state index in [4.69, 9.17) is 23.2 Å². The zero-order chi connectivity index (χ0) is 9.59. The van der Waals surface area contributed by atoms with Gasteiger partial charge in [0.05, 0.1) is 16.1 Å². The number of hydrogen-bond donors (Lipinski definition) is 0. The summed E-state index contributed by atoms with van der Waals surface area (Å²) in [6, 6.07) is 2.77. The molecule has 0 amide bonds. The van der Waals surface area contributed by atoms with Crippen molar-refractivity contribution in [3.63, 3.8) is 0 Å². The lowest BCUT2D eigenvalue weighted by Gasteiger charge is -1.96. The van der Waals surface area contributed by atoms with Gasteiger partial charge in [-0.15, -0.1) is 0 Å². The van der Waals surface area contributed by atoms with Crippen molar-refractivity contribution in [2.75, 3.05) is 0 Å². The average Bonchev–Trinajstić information content (AvgIpc) is 2.32. The van der Waals surface area contributed by atoms with E-state index in [-0.39, 0.29) is 5.02 Å². The Morgan fingerprint density at radius 3 is 2.77 bits per heavy atom. The van der Waals surface area contributed by atoms with Crippen LogP contribution in [-0.4, -0.2) is 9.55 Å². The average molecular weight is 219 g/mol. The van der Waals surface area contributed by atoms with Gasteiger partial charge in [0.25, 0.3) is 0 Å². The zero-order valence-corrected chi connectivity index (χ0v) is 8.19. The van der Waals surface area contributed by atoms with Crippen molar-refractivity contribution in [1.82, 2.24) is 9.55 Å². The molecule has 0 N–H and O–H groups in total. The van der Waals surface area contributed by atoms with Crippen LogP contribution in [0.25, 0.3) is 11.0 Å². The van der Waals surface area contributed by atoms with E-state index in [1.54, 1.807) is 11.6 Å². The van der Waals surface area contributed by atoms with E-state index in [1.807, 2.05) is 0 Å². The van der Waals surface area contributed by atoms with Crippen molar-refractivity contribution in [1.29, 1.82) is 0 Å². The highest BCUT2D eigenvalue weighted by atomic mass is 35.5. The molecule has 5 heteroatoms. The van der Waals surface area contributed by atoms with Gasteiger partial charge in [0.15, 0.2) is 0 Å². The minimum Gasteiger partial charge on any atom is -0.318 e. The summed E-state index contributed by atoms with van der Waals surface area (Å²) in [6.45, 7) is 0. The smallest absolute Gasteiger partial charge is 0.203 e.